The molecule has 1 N–H and O–H groups in total. The molecule has 68 valence electrons. The first-order valence-corrected chi connectivity index (χ1v) is 4.62. The molecule has 1 aliphatic carbocycles. The number of hydrogen-bond donors (Lipinski definition) is 1. The van der Waals surface area contributed by atoms with Crippen LogP contribution in [0.15, 0.2) is 0 Å². The zero-order chi connectivity index (χ0) is 8.72. The third kappa shape index (κ3) is 1.12. The van der Waals surface area contributed by atoms with Gasteiger partial charge in [-0.15, -0.1) is 0 Å². The molecule has 2 atom stereocenters. The number of piperidine rings is 1. The third-order valence-electron chi connectivity index (χ3n) is 3.23. The standard InChI is InChI=1S/C9H15NO2/c1-6(11)10-4-7-2-3-8(5-10)9(7)12/h7-9,12H,2-5H2,1H3. The van der Waals surface area contributed by atoms with Crippen molar-refractivity contribution in [3.63, 3.8) is 0 Å². The molecule has 1 heterocycles. The van der Waals surface area contributed by atoms with Crippen LogP contribution in [0.1, 0.15) is 19.8 Å². The molecule has 1 aliphatic heterocycles. The zero-order valence-electron chi connectivity index (χ0n) is 7.36. The van der Waals surface area contributed by atoms with Crippen LogP contribution in [0.3, 0.4) is 0 Å². The second-order valence-corrected chi connectivity index (χ2v) is 4.01. The molecule has 0 spiro atoms. The minimum Gasteiger partial charge on any atom is -0.392 e. The molecule has 2 rings (SSSR count). The van der Waals surface area contributed by atoms with Gasteiger partial charge in [0.2, 0.25) is 5.91 Å². The second kappa shape index (κ2) is 2.73. The van der Waals surface area contributed by atoms with E-state index in [1.54, 1.807) is 6.92 Å². The maximum atomic E-state index is 11.1. The van der Waals surface area contributed by atoms with E-state index in [0.29, 0.717) is 11.8 Å². The van der Waals surface area contributed by atoms with Crippen LogP contribution >= 0.6 is 0 Å². The number of aliphatic hydroxyl groups excluding tert-OH is 1. The van der Waals surface area contributed by atoms with Crippen LogP contribution in [0.2, 0.25) is 0 Å². The lowest BCUT2D eigenvalue weighted by Gasteiger charge is -2.34. The number of amides is 1. The molecule has 2 aliphatic rings. The highest BCUT2D eigenvalue weighted by Gasteiger charge is 2.41. The zero-order valence-corrected chi connectivity index (χ0v) is 7.36. The molecule has 2 unspecified atom stereocenters. The molecule has 1 saturated carbocycles. The third-order valence-corrected chi connectivity index (χ3v) is 3.23. The summed E-state index contributed by atoms with van der Waals surface area (Å²) >= 11 is 0. The van der Waals surface area contributed by atoms with Crippen LogP contribution in [0.4, 0.5) is 0 Å². The Labute approximate surface area is 72.4 Å². The first-order valence-electron chi connectivity index (χ1n) is 4.62. The minimum absolute atomic E-state index is 0.138. The average molecular weight is 169 g/mol. The number of hydrogen-bond acceptors (Lipinski definition) is 2. The van der Waals surface area contributed by atoms with Gasteiger partial charge in [-0.3, -0.25) is 4.79 Å². The summed E-state index contributed by atoms with van der Waals surface area (Å²) in [7, 11) is 0. The van der Waals surface area contributed by atoms with Gasteiger partial charge in [-0.05, 0) is 12.8 Å². The van der Waals surface area contributed by atoms with Crippen LogP contribution in [-0.4, -0.2) is 35.1 Å². The fourth-order valence-electron chi connectivity index (χ4n) is 2.45. The van der Waals surface area contributed by atoms with Crippen molar-refractivity contribution in [2.45, 2.75) is 25.9 Å². The fourth-order valence-corrected chi connectivity index (χ4v) is 2.45. The van der Waals surface area contributed by atoms with Gasteiger partial charge in [0.15, 0.2) is 0 Å². The maximum Gasteiger partial charge on any atom is 0.219 e. The Morgan fingerprint density at radius 1 is 1.33 bits per heavy atom. The largest absolute Gasteiger partial charge is 0.392 e. The number of nitrogens with zero attached hydrogens (tertiary/aromatic N) is 1. The van der Waals surface area contributed by atoms with Crippen molar-refractivity contribution >= 4 is 5.91 Å². The van der Waals surface area contributed by atoms with Gasteiger partial charge in [-0.2, -0.15) is 0 Å². The van der Waals surface area contributed by atoms with Crippen molar-refractivity contribution in [3.05, 3.63) is 0 Å². The van der Waals surface area contributed by atoms with E-state index in [1.807, 2.05) is 4.90 Å². The molecule has 0 aromatic carbocycles. The summed E-state index contributed by atoms with van der Waals surface area (Å²) in [5.74, 6) is 0.860. The van der Waals surface area contributed by atoms with Gasteiger partial charge in [0.25, 0.3) is 0 Å². The number of aliphatic hydroxyl groups is 1. The molecule has 12 heavy (non-hydrogen) atoms. The highest BCUT2D eigenvalue weighted by atomic mass is 16.3. The lowest BCUT2D eigenvalue weighted by Crippen LogP contribution is -2.46. The Hall–Kier alpha value is -0.570. The van der Waals surface area contributed by atoms with Crippen LogP contribution in [-0.2, 0) is 4.79 Å². The maximum absolute atomic E-state index is 11.1. The van der Waals surface area contributed by atoms with E-state index in [4.69, 9.17) is 0 Å². The predicted octanol–water partition coefficient (Wildman–Crippen LogP) is 0.236. The summed E-state index contributed by atoms with van der Waals surface area (Å²) in [6.45, 7) is 3.15. The number of likely N-dealkylation sites (tertiary alicyclic amines) is 1. The summed E-state index contributed by atoms with van der Waals surface area (Å²) in [6, 6.07) is 0. The second-order valence-electron chi connectivity index (χ2n) is 4.01. The monoisotopic (exact) mass is 169 g/mol. The molecule has 0 radical (unpaired) electrons. The molecule has 2 bridgehead atoms. The van der Waals surface area contributed by atoms with Crippen molar-refractivity contribution in [2.24, 2.45) is 11.8 Å². The van der Waals surface area contributed by atoms with Crippen LogP contribution in [0, 0.1) is 11.8 Å². The van der Waals surface area contributed by atoms with Gasteiger partial charge >= 0.3 is 0 Å². The number of rotatable bonds is 0. The molecule has 0 aromatic rings. The summed E-state index contributed by atoms with van der Waals surface area (Å²) < 4.78 is 0. The molecule has 1 saturated heterocycles. The Bertz CT molecular complexity index is 191. The summed E-state index contributed by atoms with van der Waals surface area (Å²) in [4.78, 5) is 12.9. The summed E-state index contributed by atoms with van der Waals surface area (Å²) in [6.07, 6.45) is 2.05. The fraction of sp³-hybridized carbons (Fsp3) is 0.889. The Morgan fingerprint density at radius 2 is 1.83 bits per heavy atom. The SMILES string of the molecule is CC(=O)N1CC2CCC(C1)C2O. The van der Waals surface area contributed by atoms with Crippen molar-refractivity contribution < 1.29 is 9.90 Å². The average Bonchev–Trinajstić information content (AvgIpc) is 2.30. The molecular formula is C9H15NO2. The first kappa shape index (κ1) is 8.05. The molecule has 1 amide bonds. The van der Waals surface area contributed by atoms with E-state index in [9.17, 15) is 9.90 Å². The van der Waals surface area contributed by atoms with E-state index >= 15 is 0 Å². The molecule has 0 aromatic heterocycles. The lowest BCUT2D eigenvalue weighted by molar-refractivity contribution is -0.133. The van der Waals surface area contributed by atoms with Gasteiger partial charge in [-0.1, -0.05) is 0 Å². The van der Waals surface area contributed by atoms with Crippen molar-refractivity contribution in [2.75, 3.05) is 13.1 Å². The predicted molar refractivity (Wildman–Crippen MR) is 44.5 cm³/mol. The smallest absolute Gasteiger partial charge is 0.219 e. The molecular weight excluding hydrogens is 154 g/mol. The van der Waals surface area contributed by atoms with E-state index < -0.39 is 0 Å². The van der Waals surface area contributed by atoms with E-state index in [-0.39, 0.29) is 12.0 Å². The van der Waals surface area contributed by atoms with Crippen LogP contribution in [0.5, 0.6) is 0 Å². The van der Waals surface area contributed by atoms with Gasteiger partial charge in [-0.25, -0.2) is 0 Å². The van der Waals surface area contributed by atoms with Crippen LogP contribution in [0.25, 0.3) is 0 Å². The minimum atomic E-state index is -0.138. The van der Waals surface area contributed by atoms with E-state index in [1.165, 1.54) is 0 Å². The first-order chi connectivity index (χ1) is 5.68. The Morgan fingerprint density at radius 3 is 2.25 bits per heavy atom. The molecule has 3 nitrogen and oxygen atoms in total. The number of carbonyl (C=O) groups is 1. The molecule has 3 heteroatoms. The highest BCUT2D eigenvalue weighted by molar-refractivity contribution is 5.73. The van der Waals surface area contributed by atoms with Gasteiger partial charge < -0.3 is 10.0 Å². The van der Waals surface area contributed by atoms with E-state index in [0.717, 1.165) is 25.9 Å². The lowest BCUT2D eigenvalue weighted by atomic mass is 9.95. The number of carbonyl (C=O) groups excluding carboxylic acids is 1. The number of fused-ring (bicyclic) bond motifs is 2. The van der Waals surface area contributed by atoms with Crippen LogP contribution < -0.4 is 0 Å². The quantitative estimate of drug-likeness (QED) is 0.564. The Kier molecular flexibility index (Phi) is 1.83. The molecule has 2 fully saturated rings. The van der Waals surface area contributed by atoms with Gasteiger partial charge in [0, 0.05) is 31.8 Å². The Balaban J connectivity index is 2.07. The van der Waals surface area contributed by atoms with Crippen molar-refractivity contribution in [3.8, 4) is 0 Å². The van der Waals surface area contributed by atoms with Crippen molar-refractivity contribution in [1.29, 1.82) is 0 Å². The van der Waals surface area contributed by atoms with E-state index in [2.05, 4.69) is 0 Å². The van der Waals surface area contributed by atoms with Crippen molar-refractivity contribution in [1.82, 2.24) is 4.90 Å². The normalized spacial score (nSPS) is 40.2. The topological polar surface area (TPSA) is 40.5 Å². The summed E-state index contributed by atoms with van der Waals surface area (Å²) in [5, 5.41) is 9.67. The highest BCUT2D eigenvalue weighted by Crippen LogP contribution is 2.36. The van der Waals surface area contributed by atoms with Gasteiger partial charge in [0.05, 0.1) is 6.10 Å². The van der Waals surface area contributed by atoms with Gasteiger partial charge in [0.1, 0.15) is 0 Å². The summed E-state index contributed by atoms with van der Waals surface area (Å²) in [5.41, 5.74) is 0.